The molecule has 2 aromatic rings. The number of ether oxygens (including phenoxy) is 2. The van der Waals surface area contributed by atoms with Gasteiger partial charge in [-0.2, -0.15) is 0 Å². The van der Waals surface area contributed by atoms with Gasteiger partial charge in [-0.3, -0.25) is 0 Å². The fourth-order valence-corrected chi connectivity index (χ4v) is 2.46. The van der Waals surface area contributed by atoms with Gasteiger partial charge in [-0.1, -0.05) is 34.1 Å². The maximum atomic E-state index is 13.4. The summed E-state index contributed by atoms with van der Waals surface area (Å²) in [4.78, 5) is 0. The van der Waals surface area contributed by atoms with E-state index in [1.807, 2.05) is 24.3 Å². The topological polar surface area (TPSA) is 18.5 Å². The van der Waals surface area contributed by atoms with Crippen LogP contribution in [0.3, 0.4) is 0 Å². The number of hydrogen-bond donors (Lipinski definition) is 0. The largest absolute Gasteiger partial charge is 0.493 e. The van der Waals surface area contributed by atoms with Crippen molar-refractivity contribution in [2.45, 2.75) is 11.9 Å². The molecule has 0 bridgehead atoms. The predicted molar refractivity (Wildman–Crippen MR) is 84.1 cm³/mol. The predicted octanol–water partition coefficient (Wildman–Crippen LogP) is 5.07. The van der Waals surface area contributed by atoms with Crippen molar-refractivity contribution in [3.05, 3.63) is 57.8 Å². The average molecular weight is 404 g/mol. The Hall–Kier alpha value is -1.07. The van der Waals surface area contributed by atoms with E-state index in [2.05, 4.69) is 31.9 Å². The van der Waals surface area contributed by atoms with Crippen LogP contribution < -0.4 is 9.47 Å². The Kier molecular flexibility index (Phi) is 5.43. The number of methoxy groups -OCH3 is 1. The van der Waals surface area contributed by atoms with Crippen LogP contribution in [0.5, 0.6) is 11.5 Å². The first kappa shape index (κ1) is 15.3. The third-order valence-corrected chi connectivity index (χ3v) is 4.33. The number of halogens is 3. The maximum Gasteiger partial charge on any atom is 0.161 e. The minimum Gasteiger partial charge on any atom is -0.493 e. The molecule has 0 aromatic heterocycles. The van der Waals surface area contributed by atoms with E-state index >= 15 is 0 Å². The molecule has 0 aliphatic carbocycles. The van der Waals surface area contributed by atoms with Crippen molar-refractivity contribution in [1.82, 2.24) is 0 Å². The Morgan fingerprint density at radius 2 is 1.95 bits per heavy atom. The molecule has 0 radical (unpaired) electrons. The van der Waals surface area contributed by atoms with Crippen LogP contribution in [0.2, 0.25) is 0 Å². The van der Waals surface area contributed by atoms with Crippen LogP contribution in [-0.4, -0.2) is 7.11 Å². The standard InChI is InChI=1S/C15H13Br2FO2/c1-19-14-7-10(8-16)5-6-13(14)20-9-11-3-2-4-12(18)15(11)17/h2-7H,8-9H2,1H3. The molecule has 0 heterocycles. The van der Waals surface area contributed by atoms with Crippen molar-refractivity contribution in [2.75, 3.05) is 7.11 Å². The van der Waals surface area contributed by atoms with Gasteiger partial charge in [-0.15, -0.1) is 0 Å². The molecule has 0 N–H and O–H groups in total. The maximum absolute atomic E-state index is 13.4. The molecule has 0 fully saturated rings. The van der Waals surface area contributed by atoms with E-state index in [-0.39, 0.29) is 12.4 Å². The van der Waals surface area contributed by atoms with E-state index in [0.29, 0.717) is 16.0 Å². The first-order valence-corrected chi connectivity index (χ1v) is 7.85. The number of rotatable bonds is 5. The first-order chi connectivity index (χ1) is 9.65. The van der Waals surface area contributed by atoms with Crippen LogP contribution in [0.15, 0.2) is 40.9 Å². The Morgan fingerprint density at radius 1 is 1.15 bits per heavy atom. The lowest BCUT2D eigenvalue weighted by molar-refractivity contribution is 0.283. The van der Waals surface area contributed by atoms with Gasteiger partial charge in [0.05, 0.1) is 11.6 Å². The molecule has 0 aliphatic rings. The van der Waals surface area contributed by atoms with E-state index in [0.717, 1.165) is 16.5 Å². The second-order valence-corrected chi connectivity index (χ2v) is 5.47. The second-order valence-electron chi connectivity index (χ2n) is 4.12. The van der Waals surface area contributed by atoms with E-state index in [4.69, 9.17) is 9.47 Å². The van der Waals surface area contributed by atoms with Gasteiger partial charge in [-0.25, -0.2) is 4.39 Å². The number of hydrogen-bond acceptors (Lipinski definition) is 2. The first-order valence-electron chi connectivity index (χ1n) is 5.94. The molecule has 0 atom stereocenters. The summed E-state index contributed by atoms with van der Waals surface area (Å²) in [6.07, 6.45) is 0. The molecule has 20 heavy (non-hydrogen) atoms. The van der Waals surface area contributed by atoms with Crippen molar-refractivity contribution < 1.29 is 13.9 Å². The van der Waals surface area contributed by atoms with Gasteiger partial charge in [0, 0.05) is 10.9 Å². The highest BCUT2D eigenvalue weighted by Crippen LogP contribution is 2.30. The van der Waals surface area contributed by atoms with Crippen molar-refractivity contribution >= 4 is 31.9 Å². The minimum absolute atomic E-state index is 0.266. The molecule has 5 heteroatoms. The molecular formula is C15H13Br2FO2. The lowest BCUT2D eigenvalue weighted by Gasteiger charge is -2.12. The number of benzene rings is 2. The van der Waals surface area contributed by atoms with Crippen LogP contribution in [0, 0.1) is 5.82 Å². The second kappa shape index (κ2) is 7.09. The highest BCUT2D eigenvalue weighted by atomic mass is 79.9. The lowest BCUT2D eigenvalue weighted by Crippen LogP contribution is -2.00. The third-order valence-electron chi connectivity index (χ3n) is 2.80. The highest BCUT2D eigenvalue weighted by molar-refractivity contribution is 9.10. The fraction of sp³-hybridized carbons (Fsp3) is 0.200. The van der Waals surface area contributed by atoms with Gasteiger partial charge in [0.25, 0.3) is 0 Å². The zero-order valence-electron chi connectivity index (χ0n) is 10.8. The van der Waals surface area contributed by atoms with Gasteiger partial charge in [0.15, 0.2) is 11.5 Å². The van der Waals surface area contributed by atoms with Crippen molar-refractivity contribution in [3.8, 4) is 11.5 Å². The van der Waals surface area contributed by atoms with E-state index in [9.17, 15) is 4.39 Å². The molecule has 0 aliphatic heterocycles. The minimum atomic E-state index is -0.298. The van der Waals surface area contributed by atoms with Gasteiger partial charge >= 0.3 is 0 Å². The summed E-state index contributed by atoms with van der Waals surface area (Å²) in [5, 5.41) is 0.749. The Labute approximate surface area is 134 Å². The van der Waals surface area contributed by atoms with Crippen LogP contribution >= 0.6 is 31.9 Å². The summed E-state index contributed by atoms with van der Waals surface area (Å²) in [6.45, 7) is 0.266. The molecule has 2 nitrogen and oxygen atoms in total. The van der Waals surface area contributed by atoms with Gasteiger partial charge in [0.2, 0.25) is 0 Å². The zero-order chi connectivity index (χ0) is 14.5. The van der Waals surface area contributed by atoms with Gasteiger partial charge in [0.1, 0.15) is 12.4 Å². The lowest BCUT2D eigenvalue weighted by atomic mass is 10.2. The zero-order valence-corrected chi connectivity index (χ0v) is 14.0. The monoisotopic (exact) mass is 402 g/mol. The van der Waals surface area contributed by atoms with Crippen LogP contribution in [0.25, 0.3) is 0 Å². The molecule has 0 saturated heterocycles. The summed E-state index contributed by atoms with van der Waals surface area (Å²) < 4.78 is 24.9. The van der Waals surface area contributed by atoms with Crippen molar-refractivity contribution in [2.24, 2.45) is 0 Å². The molecule has 0 spiro atoms. The van der Waals surface area contributed by atoms with Crippen LogP contribution in [-0.2, 0) is 11.9 Å². The number of alkyl halides is 1. The summed E-state index contributed by atoms with van der Waals surface area (Å²) in [7, 11) is 1.60. The molecular weight excluding hydrogens is 391 g/mol. The molecule has 0 amide bonds. The Bertz CT molecular complexity index is 602. The quantitative estimate of drug-likeness (QED) is 0.648. The SMILES string of the molecule is COc1cc(CBr)ccc1OCc1cccc(F)c1Br. The van der Waals surface area contributed by atoms with E-state index in [1.54, 1.807) is 13.2 Å². The summed E-state index contributed by atoms with van der Waals surface area (Å²) in [5.41, 5.74) is 1.85. The van der Waals surface area contributed by atoms with Crippen molar-refractivity contribution in [1.29, 1.82) is 0 Å². The third kappa shape index (κ3) is 3.52. The average Bonchev–Trinajstić information content (AvgIpc) is 2.48. The van der Waals surface area contributed by atoms with E-state index < -0.39 is 0 Å². The molecule has 106 valence electrons. The van der Waals surface area contributed by atoms with Gasteiger partial charge in [-0.05, 0) is 39.7 Å². The summed E-state index contributed by atoms with van der Waals surface area (Å²) in [6, 6.07) is 10.6. The highest BCUT2D eigenvalue weighted by Gasteiger charge is 2.09. The van der Waals surface area contributed by atoms with Gasteiger partial charge < -0.3 is 9.47 Å². The molecule has 0 unspecified atom stereocenters. The molecule has 0 saturated carbocycles. The summed E-state index contributed by atoms with van der Waals surface area (Å²) >= 11 is 6.61. The summed E-state index contributed by atoms with van der Waals surface area (Å²) in [5.74, 6) is 0.996. The van der Waals surface area contributed by atoms with Crippen LogP contribution in [0.4, 0.5) is 4.39 Å². The smallest absolute Gasteiger partial charge is 0.161 e. The van der Waals surface area contributed by atoms with Crippen LogP contribution in [0.1, 0.15) is 11.1 Å². The fourth-order valence-electron chi connectivity index (χ4n) is 1.73. The Balaban J connectivity index is 2.16. The van der Waals surface area contributed by atoms with Crippen molar-refractivity contribution in [3.63, 3.8) is 0 Å². The molecule has 2 rings (SSSR count). The Morgan fingerprint density at radius 3 is 2.65 bits per heavy atom. The van der Waals surface area contributed by atoms with E-state index in [1.165, 1.54) is 6.07 Å². The molecule has 2 aromatic carbocycles. The normalized spacial score (nSPS) is 10.4.